The maximum absolute atomic E-state index is 12.5. The maximum Gasteiger partial charge on any atom is 0.387 e. The number of halogens is 2. The van der Waals surface area contributed by atoms with Crippen LogP contribution in [0.4, 0.5) is 14.5 Å². The molecule has 1 unspecified atom stereocenters. The molecule has 1 aromatic carbocycles. The van der Waals surface area contributed by atoms with E-state index >= 15 is 0 Å². The fourth-order valence-corrected chi connectivity index (χ4v) is 4.00. The molecule has 158 valence electrons. The number of likely N-dealkylation sites (tertiary alicyclic amines) is 1. The fourth-order valence-electron chi connectivity index (χ4n) is 4.00. The highest BCUT2D eigenvalue weighted by atomic mass is 19.3. The molecule has 1 fully saturated rings. The molecule has 0 bridgehead atoms. The van der Waals surface area contributed by atoms with Crippen LogP contribution in [0.3, 0.4) is 0 Å². The van der Waals surface area contributed by atoms with Crippen molar-refractivity contribution >= 4 is 5.69 Å². The van der Waals surface area contributed by atoms with Gasteiger partial charge in [0.05, 0.1) is 0 Å². The Morgan fingerprint density at radius 3 is 2.52 bits per heavy atom. The smallest absolute Gasteiger partial charge is 0.387 e. The van der Waals surface area contributed by atoms with Crippen LogP contribution in [-0.2, 0) is 6.54 Å². The third-order valence-electron chi connectivity index (χ3n) is 5.62. The number of alkyl halides is 2. The molecule has 1 atom stereocenters. The number of piperidine rings is 1. The van der Waals surface area contributed by atoms with E-state index in [0.717, 1.165) is 50.1 Å². The number of nitrogens with zero attached hydrogens (tertiary/aromatic N) is 3. The van der Waals surface area contributed by atoms with Crippen molar-refractivity contribution in [2.75, 3.05) is 24.5 Å². The molecular weight excluding hydrogens is 374 g/mol. The maximum atomic E-state index is 12.5. The zero-order valence-electron chi connectivity index (χ0n) is 16.9. The summed E-state index contributed by atoms with van der Waals surface area (Å²) in [6.07, 6.45) is 6.74. The van der Waals surface area contributed by atoms with Crippen molar-refractivity contribution in [3.05, 3.63) is 54.4 Å². The van der Waals surface area contributed by atoms with Gasteiger partial charge in [-0.1, -0.05) is 6.07 Å². The molecule has 29 heavy (non-hydrogen) atoms. The molecule has 2 N–H and O–H groups in total. The van der Waals surface area contributed by atoms with Gasteiger partial charge in [0.25, 0.3) is 0 Å². The van der Waals surface area contributed by atoms with Crippen LogP contribution < -0.4 is 15.4 Å². The van der Waals surface area contributed by atoms with Crippen molar-refractivity contribution in [1.29, 1.82) is 0 Å². The standard InChI is InChI=1S/C22H30F2N4O/c1-17(8-11-25)27-13-9-20(10-14-27)28(16-18-3-2-12-26-15-18)19-4-6-21(7-5-19)29-22(23)24/h2-7,12,15,17,20,22H,8-11,13-14,16,25H2,1H3. The molecule has 3 rings (SSSR count). The van der Waals surface area contributed by atoms with Crippen molar-refractivity contribution < 1.29 is 13.5 Å². The highest BCUT2D eigenvalue weighted by Gasteiger charge is 2.27. The Bertz CT molecular complexity index is 721. The summed E-state index contributed by atoms with van der Waals surface area (Å²) in [5, 5.41) is 0. The topological polar surface area (TPSA) is 54.6 Å². The SMILES string of the molecule is CC(CCN)N1CCC(N(Cc2cccnc2)c2ccc(OC(F)F)cc2)CC1. The third-order valence-corrected chi connectivity index (χ3v) is 5.62. The first-order valence-electron chi connectivity index (χ1n) is 10.2. The van der Waals surface area contributed by atoms with E-state index in [4.69, 9.17) is 5.73 Å². The Hall–Kier alpha value is -2.25. The van der Waals surface area contributed by atoms with Gasteiger partial charge in [-0.2, -0.15) is 8.78 Å². The van der Waals surface area contributed by atoms with Crippen molar-refractivity contribution in [2.24, 2.45) is 5.73 Å². The molecule has 2 aromatic rings. The van der Waals surface area contributed by atoms with E-state index in [1.807, 2.05) is 24.4 Å². The van der Waals surface area contributed by atoms with Gasteiger partial charge in [-0.15, -0.1) is 0 Å². The highest BCUT2D eigenvalue weighted by molar-refractivity contribution is 5.50. The largest absolute Gasteiger partial charge is 0.435 e. The molecule has 0 saturated carbocycles. The summed E-state index contributed by atoms with van der Waals surface area (Å²) in [6.45, 7) is 2.92. The van der Waals surface area contributed by atoms with Gasteiger partial charge in [-0.25, -0.2) is 0 Å². The average Bonchev–Trinajstić information content (AvgIpc) is 2.73. The lowest BCUT2D eigenvalue weighted by Crippen LogP contribution is -2.47. The summed E-state index contributed by atoms with van der Waals surface area (Å²) < 4.78 is 29.4. The Morgan fingerprint density at radius 1 is 1.21 bits per heavy atom. The number of pyridine rings is 1. The number of hydrogen-bond acceptors (Lipinski definition) is 5. The lowest BCUT2D eigenvalue weighted by Gasteiger charge is -2.42. The monoisotopic (exact) mass is 404 g/mol. The van der Waals surface area contributed by atoms with Gasteiger partial charge in [0.1, 0.15) is 5.75 Å². The van der Waals surface area contributed by atoms with Gasteiger partial charge >= 0.3 is 6.61 Å². The minimum absolute atomic E-state index is 0.176. The number of benzene rings is 1. The summed E-state index contributed by atoms with van der Waals surface area (Å²) in [5.41, 5.74) is 7.85. The van der Waals surface area contributed by atoms with E-state index in [9.17, 15) is 8.78 Å². The minimum Gasteiger partial charge on any atom is -0.435 e. The van der Waals surface area contributed by atoms with Crippen LogP contribution in [0.1, 0.15) is 31.7 Å². The van der Waals surface area contributed by atoms with Gasteiger partial charge in [-0.05, 0) is 68.6 Å². The number of ether oxygens (including phenoxy) is 1. The first-order valence-corrected chi connectivity index (χ1v) is 10.2. The lowest BCUT2D eigenvalue weighted by atomic mass is 9.99. The van der Waals surface area contributed by atoms with Crippen LogP contribution in [0, 0.1) is 0 Å². The van der Waals surface area contributed by atoms with Crippen molar-refractivity contribution in [2.45, 2.75) is 51.4 Å². The molecule has 0 radical (unpaired) electrons. The average molecular weight is 405 g/mol. The van der Waals surface area contributed by atoms with E-state index in [1.54, 1.807) is 18.3 Å². The van der Waals surface area contributed by atoms with Crippen LogP contribution in [-0.4, -0.2) is 48.2 Å². The number of hydrogen-bond donors (Lipinski definition) is 1. The van der Waals surface area contributed by atoms with E-state index in [0.29, 0.717) is 18.6 Å². The summed E-state index contributed by atoms with van der Waals surface area (Å²) in [5.74, 6) is 0.176. The van der Waals surface area contributed by atoms with Crippen LogP contribution in [0.2, 0.25) is 0 Å². The Balaban J connectivity index is 1.73. The summed E-state index contributed by atoms with van der Waals surface area (Å²) in [7, 11) is 0. The molecule has 2 heterocycles. The predicted octanol–water partition coefficient (Wildman–Crippen LogP) is 3.89. The molecule has 0 aliphatic carbocycles. The van der Waals surface area contributed by atoms with Gasteiger partial charge in [-0.3, -0.25) is 4.98 Å². The highest BCUT2D eigenvalue weighted by Crippen LogP contribution is 2.28. The molecule has 0 spiro atoms. The van der Waals surface area contributed by atoms with Crippen LogP contribution in [0.15, 0.2) is 48.8 Å². The normalized spacial score (nSPS) is 16.7. The predicted molar refractivity (Wildman–Crippen MR) is 111 cm³/mol. The molecule has 7 heteroatoms. The second kappa shape index (κ2) is 10.5. The summed E-state index contributed by atoms with van der Waals surface area (Å²) >= 11 is 0. The molecule has 0 amide bonds. The Morgan fingerprint density at radius 2 is 1.93 bits per heavy atom. The van der Waals surface area contributed by atoms with Gasteiger partial charge in [0.2, 0.25) is 0 Å². The Labute approximate surface area is 171 Å². The molecule has 1 saturated heterocycles. The second-order valence-corrected chi connectivity index (χ2v) is 7.56. The first-order chi connectivity index (χ1) is 14.1. The van der Waals surface area contributed by atoms with Crippen LogP contribution >= 0.6 is 0 Å². The quantitative estimate of drug-likeness (QED) is 0.687. The van der Waals surface area contributed by atoms with Crippen molar-refractivity contribution in [1.82, 2.24) is 9.88 Å². The third kappa shape index (κ3) is 6.11. The van der Waals surface area contributed by atoms with Crippen molar-refractivity contribution in [3.8, 4) is 5.75 Å². The van der Waals surface area contributed by atoms with Crippen LogP contribution in [0.5, 0.6) is 5.75 Å². The Kier molecular flexibility index (Phi) is 7.77. The second-order valence-electron chi connectivity index (χ2n) is 7.56. The molecular formula is C22H30F2N4O. The minimum atomic E-state index is -2.81. The van der Waals surface area contributed by atoms with E-state index in [-0.39, 0.29) is 5.75 Å². The lowest BCUT2D eigenvalue weighted by molar-refractivity contribution is -0.0498. The molecule has 1 aliphatic heterocycles. The fraction of sp³-hybridized carbons (Fsp3) is 0.500. The molecule has 5 nitrogen and oxygen atoms in total. The number of rotatable bonds is 9. The number of aromatic nitrogens is 1. The van der Waals surface area contributed by atoms with E-state index in [1.165, 1.54) is 0 Å². The van der Waals surface area contributed by atoms with Gasteiger partial charge < -0.3 is 20.3 Å². The zero-order valence-corrected chi connectivity index (χ0v) is 16.9. The number of nitrogens with two attached hydrogens (primary N) is 1. The van der Waals surface area contributed by atoms with Crippen LogP contribution in [0.25, 0.3) is 0 Å². The van der Waals surface area contributed by atoms with Gasteiger partial charge in [0, 0.05) is 49.8 Å². The van der Waals surface area contributed by atoms with E-state index in [2.05, 4.69) is 32.5 Å². The number of anilines is 1. The van der Waals surface area contributed by atoms with E-state index < -0.39 is 6.61 Å². The zero-order chi connectivity index (χ0) is 20.6. The summed E-state index contributed by atoms with van der Waals surface area (Å²) in [6, 6.07) is 11.8. The molecule has 1 aromatic heterocycles. The summed E-state index contributed by atoms with van der Waals surface area (Å²) in [4.78, 5) is 9.09. The first kappa shape index (κ1) is 21.5. The van der Waals surface area contributed by atoms with Crippen molar-refractivity contribution in [3.63, 3.8) is 0 Å². The molecule has 1 aliphatic rings. The van der Waals surface area contributed by atoms with Gasteiger partial charge in [0.15, 0.2) is 0 Å².